The van der Waals surface area contributed by atoms with Gasteiger partial charge >= 0.3 is 0 Å². The normalized spacial score (nSPS) is 13.9. The van der Waals surface area contributed by atoms with Gasteiger partial charge in [0.1, 0.15) is 17.5 Å². The fraction of sp³-hybridized carbons (Fsp3) is 0.278. The number of aromatic nitrogens is 2. The van der Waals surface area contributed by atoms with Crippen molar-refractivity contribution in [2.75, 3.05) is 11.1 Å². The number of nitriles is 1. The molecule has 0 aliphatic heterocycles. The van der Waals surface area contributed by atoms with Crippen molar-refractivity contribution in [3.63, 3.8) is 0 Å². The molecule has 0 saturated carbocycles. The molecule has 0 fully saturated rings. The Morgan fingerprint density at radius 1 is 1.33 bits per heavy atom. The van der Waals surface area contributed by atoms with Crippen LogP contribution in [0.4, 0.5) is 11.5 Å². The molecule has 122 valence electrons. The van der Waals surface area contributed by atoms with Gasteiger partial charge in [-0.25, -0.2) is 4.68 Å². The van der Waals surface area contributed by atoms with Gasteiger partial charge in [-0.1, -0.05) is 11.6 Å². The maximum Gasteiger partial charge on any atom is 0.228 e. The Bertz CT molecular complexity index is 811. The number of nitrogens with zero attached hydrogens (tertiary/aromatic N) is 3. The molecule has 1 aliphatic rings. The smallest absolute Gasteiger partial charge is 0.228 e. The van der Waals surface area contributed by atoms with E-state index in [2.05, 4.69) is 16.5 Å². The van der Waals surface area contributed by atoms with Gasteiger partial charge in [-0.3, -0.25) is 4.79 Å². The van der Waals surface area contributed by atoms with E-state index in [4.69, 9.17) is 11.0 Å². The van der Waals surface area contributed by atoms with Gasteiger partial charge in [0.2, 0.25) is 5.91 Å². The van der Waals surface area contributed by atoms with E-state index in [0.717, 1.165) is 24.2 Å². The third-order valence-corrected chi connectivity index (χ3v) is 4.10. The van der Waals surface area contributed by atoms with Gasteiger partial charge < -0.3 is 11.1 Å². The van der Waals surface area contributed by atoms with Gasteiger partial charge in [0.05, 0.1) is 11.9 Å². The summed E-state index contributed by atoms with van der Waals surface area (Å²) in [5, 5.41) is 15.9. The van der Waals surface area contributed by atoms with Crippen LogP contribution >= 0.6 is 0 Å². The molecule has 2 aromatic rings. The van der Waals surface area contributed by atoms with Crippen LogP contribution in [-0.4, -0.2) is 15.7 Å². The van der Waals surface area contributed by atoms with Gasteiger partial charge in [0, 0.05) is 12.1 Å². The summed E-state index contributed by atoms with van der Waals surface area (Å²) in [5.41, 5.74) is 8.90. The number of nitrogens with one attached hydrogen (secondary N) is 1. The highest BCUT2D eigenvalue weighted by Gasteiger charge is 2.11. The summed E-state index contributed by atoms with van der Waals surface area (Å²) in [7, 11) is 0. The Morgan fingerprint density at radius 2 is 2.12 bits per heavy atom. The summed E-state index contributed by atoms with van der Waals surface area (Å²) in [6.45, 7) is 0. The second-order valence-corrected chi connectivity index (χ2v) is 5.85. The molecule has 6 nitrogen and oxygen atoms in total. The number of amides is 1. The number of nitrogen functional groups attached to an aromatic ring is 1. The largest absolute Gasteiger partial charge is 0.382 e. The van der Waals surface area contributed by atoms with Crippen LogP contribution in [0, 0.1) is 11.3 Å². The van der Waals surface area contributed by atoms with E-state index in [1.807, 2.05) is 6.07 Å². The van der Waals surface area contributed by atoms with E-state index in [9.17, 15) is 4.79 Å². The molecule has 0 saturated heterocycles. The molecule has 1 aromatic carbocycles. The first-order valence-corrected chi connectivity index (χ1v) is 7.99. The molecule has 0 atom stereocenters. The highest BCUT2D eigenvalue weighted by atomic mass is 16.1. The van der Waals surface area contributed by atoms with Crippen LogP contribution in [0.5, 0.6) is 0 Å². The van der Waals surface area contributed by atoms with Crippen LogP contribution in [0.15, 0.2) is 42.1 Å². The lowest BCUT2D eigenvalue weighted by Gasteiger charge is -2.13. The Morgan fingerprint density at radius 3 is 2.75 bits per heavy atom. The van der Waals surface area contributed by atoms with E-state index in [-0.39, 0.29) is 5.91 Å². The predicted octanol–water partition coefficient (Wildman–Crippen LogP) is 3.16. The standard InChI is InChI=1S/C18H19N5O/c19-11-14-12-21-23(18(14)20)16-8-6-15(7-9-16)22-17(24)10-13-4-2-1-3-5-13/h4,6-9,12H,1-3,5,10,20H2,(H,22,24). The third kappa shape index (κ3) is 3.46. The van der Waals surface area contributed by atoms with Crippen molar-refractivity contribution in [2.24, 2.45) is 0 Å². The Hall–Kier alpha value is -3.07. The Balaban J connectivity index is 1.66. The van der Waals surface area contributed by atoms with Crippen LogP contribution < -0.4 is 11.1 Å². The summed E-state index contributed by atoms with van der Waals surface area (Å²) in [6, 6.07) is 9.20. The fourth-order valence-electron chi connectivity index (χ4n) is 2.81. The molecule has 3 rings (SSSR count). The minimum atomic E-state index is 0.00118. The van der Waals surface area contributed by atoms with Gasteiger partial charge in [0.15, 0.2) is 0 Å². The molecule has 1 aliphatic carbocycles. The van der Waals surface area contributed by atoms with Crippen molar-refractivity contribution in [3.8, 4) is 11.8 Å². The number of nitrogens with two attached hydrogens (primary N) is 1. The molecule has 0 unspecified atom stereocenters. The topological polar surface area (TPSA) is 96.7 Å². The van der Waals surface area contributed by atoms with Gasteiger partial charge in [0.25, 0.3) is 0 Å². The molecule has 0 spiro atoms. The molecule has 6 heteroatoms. The monoisotopic (exact) mass is 321 g/mol. The van der Waals surface area contributed by atoms with E-state index < -0.39 is 0 Å². The summed E-state index contributed by atoms with van der Waals surface area (Å²) in [6.07, 6.45) is 8.56. The number of hydrogen-bond donors (Lipinski definition) is 2. The van der Waals surface area contributed by atoms with Crippen LogP contribution in [0.1, 0.15) is 37.7 Å². The number of allylic oxidation sites excluding steroid dienone is 1. The maximum absolute atomic E-state index is 12.1. The first-order chi connectivity index (χ1) is 11.7. The van der Waals surface area contributed by atoms with Crippen molar-refractivity contribution in [1.29, 1.82) is 5.26 Å². The minimum Gasteiger partial charge on any atom is -0.382 e. The van der Waals surface area contributed by atoms with Crippen LogP contribution in [0.2, 0.25) is 0 Å². The summed E-state index contributed by atoms with van der Waals surface area (Å²) >= 11 is 0. The van der Waals surface area contributed by atoms with Crippen molar-refractivity contribution >= 4 is 17.4 Å². The second-order valence-electron chi connectivity index (χ2n) is 5.85. The molecule has 1 heterocycles. The molecule has 24 heavy (non-hydrogen) atoms. The maximum atomic E-state index is 12.1. The highest BCUT2D eigenvalue weighted by molar-refractivity contribution is 5.92. The molecule has 1 amide bonds. The average molecular weight is 321 g/mol. The van der Waals surface area contributed by atoms with Crippen molar-refractivity contribution in [2.45, 2.75) is 32.1 Å². The number of rotatable bonds is 4. The summed E-state index contributed by atoms with van der Waals surface area (Å²) in [4.78, 5) is 12.1. The van der Waals surface area contributed by atoms with Gasteiger partial charge in [-0.2, -0.15) is 10.4 Å². The van der Waals surface area contributed by atoms with Crippen LogP contribution in [0.25, 0.3) is 5.69 Å². The fourth-order valence-corrected chi connectivity index (χ4v) is 2.81. The SMILES string of the molecule is N#Cc1cnn(-c2ccc(NC(=O)CC3=CCCCC3)cc2)c1N. The number of anilines is 2. The summed E-state index contributed by atoms with van der Waals surface area (Å²) < 4.78 is 1.50. The van der Waals surface area contributed by atoms with E-state index >= 15 is 0 Å². The molecule has 0 radical (unpaired) electrons. The van der Waals surface area contributed by atoms with E-state index in [1.165, 1.54) is 29.3 Å². The molecular weight excluding hydrogens is 302 g/mol. The minimum absolute atomic E-state index is 0.00118. The number of carbonyl (C=O) groups excluding carboxylic acids is 1. The Kier molecular flexibility index (Phi) is 4.62. The zero-order chi connectivity index (χ0) is 16.9. The lowest BCUT2D eigenvalue weighted by Crippen LogP contribution is -2.13. The average Bonchev–Trinajstić information content (AvgIpc) is 2.97. The first kappa shape index (κ1) is 15.8. The molecule has 1 aromatic heterocycles. The van der Waals surface area contributed by atoms with Crippen molar-refractivity contribution in [1.82, 2.24) is 9.78 Å². The van der Waals surface area contributed by atoms with E-state index in [1.54, 1.807) is 24.3 Å². The zero-order valence-corrected chi connectivity index (χ0v) is 13.3. The lowest BCUT2D eigenvalue weighted by atomic mass is 9.97. The second kappa shape index (κ2) is 7.01. The zero-order valence-electron chi connectivity index (χ0n) is 13.3. The third-order valence-electron chi connectivity index (χ3n) is 4.10. The quantitative estimate of drug-likeness (QED) is 0.845. The van der Waals surface area contributed by atoms with Gasteiger partial charge in [-0.15, -0.1) is 0 Å². The van der Waals surface area contributed by atoms with E-state index in [0.29, 0.717) is 17.8 Å². The number of benzene rings is 1. The number of carbonyl (C=O) groups is 1. The lowest BCUT2D eigenvalue weighted by molar-refractivity contribution is -0.115. The molecular formula is C18H19N5O. The van der Waals surface area contributed by atoms with Crippen LogP contribution in [-0.2, 0) is 4.79 Å². The van der Waals surface area contributed by atoms with Gasteiger partial charge in [-0.05, 0) is 49.9 Å². The van der Waals surface area contributed by atoms with Crippen LogP contribution in [0.3, 0.4) is 0 Å². The predicted molar refractivity (Wildman–Crippen MR) is 92.5 cm³/mol. The summed E-state index contributed by atoms with van der Waals surface area (Å²) in [5.74, 6) is 0.305. The Labute approximate surface area is 140 Å². The highest BCUT2D eigenvalue weighted by Crippen LogP contribution is 2.21. The number of hydrogen-bond acceptors (Lipinski definition) is 4. The van der Waals surface area contributed by atoms with Crippen molar-refractivity contribution < 1.29 is 4.79 Å². The molecule has 3 N–H and O–H groups in total. The molecule has 0 bridgehead atoms. The first-order valence-electron chi connectivity index (χ1n) is 7.99. The van der Waals surface area contributed by atoms with Crippen molar-refractivity contribution in [3.05, 3.63) is 47.7 Å².